The van der Waals surface area contributed by atoms with Crippen molar-refractivity contribution in [2.45, 2.75) is 44.0 Å². The number of aromatic nitrogens is 1. The van der Waals surface area contributed by atoms with Crippen LogP contribution in [0.15, 0.2) is 29.2 Å². The predicted molar refractivity (Wildman–Crippen MR) is 93.3 cm³/mol. The van der Waals surface area contributed by atoms with Crippen molar-refractivity contribution < 1.29 is 0 Å². The van der Waals surface area contributed by atoms with E-state index >= 15 is 0 Å². The zero-order chi connectivity index (χ0) is 14.7. The van der Waals surface area contributed by atoms with Gasteiger partial charge in [-0.2, -0.15) is 0 Å². The van der Waals surface area contributed by atoms with E-state index in [1.54, 1.807) is 0 Å². The Morgan fingerprint density at radius 1 is 1.29 bits per heavy atom. The molecule has 0 fully saturated rings. The number of thioether (sulfide) groups is 1. The number of benzene rings is 1. The van der Waals surface area contributed by atoms with Gasteiger partial charge in [-0.05, 0) is 43.7 Å². The van der Waals surface area contributed by atoms with Crippen LogP contribution in [0.4, 0.5) is 0 Å². The number of thiazole rings is 1. The van der Waals surface area contributed by atoms with E-state index in [1.807, 2.05) is 23.1 Å². The normalized spacial score (nSPS) is 17.7. The van der Waals surface area contributed by atoms with Crippen LogP contribution >= 0.6 is 23.1 Å². The lowest BCUT2D eigenvalue weighted by Gasteiger charge is -2.21. The highest BCUT2D eigenvalue weighted by atomic mass is 32.2. The van der Waals surface area contributed by atoms with Crippen molar-refractivity contribution in [2.75, 3.05) is 12.3 Å². The summed E-state index contributed by atoms with van der Waals surface area (Å²) < 4.78 is 0. The minimum atomic E-state index is 0.457. The molecule has 0 amide bonds. The molecular weight excluding hydrogens is 296 g/mol. The van der Waals surface area contributed by atoms with Gasteiger partial charge in [0.1, 0.15) is 5.01 Å². The molecule has 1 heterocycles. The van der Waals surface area contributed by atoms with Gasteiger partial charge in [-0.25, -0.2) is 4.98 Å². The molecule has 112 valence electrons. The van der Waals surface area contributed by atoms with Crippen LogP contribution in [0, 0.1) is 0 Å². The number of rotatable bonds is 5. The SMILES string of the molecule is CCNC1CCCc2sc(-c3ccc(SCC)cc3)nc21. The highest BCUT2D eigenvalue weighted by Gasteiger charge is 2.24. The third-order valence-electron chi connectivity index (χ3n) is 3.82. The van der Waals surface area contributed by atoms with Gasteiger partial charge in [0.2, 0.25) is 0 Å². The summed E-state index contributed by atoms with van der Waals surface area (Å²) in [5, 5.41) is 4.75. The molecule has 1 unspecified atom stereocenters. The van der Waals surface area contributed by atoms with Gasteiger partial charge in [-0.1, -0.05) is 26.0 Å². The maximum atomic E-state index is 4.95. The molecule has 1 aromatic heterocycles. The molecule has 4 heteroatoms. The molecule has 3 rings (SSSR count). The molecule has 1 aromatic carbocycles. The Balaban J connectivity index is 1.86. The lowest BCUT2D eigenvalue weighted by Crippen LogP contribution is -2.24. The molecule has 1 atom stereocenters. The van der Waals surface area contributed by atoms with E-state index in [2.05, 4.69) is 43.4 Å². The van der Waals surface area contributed by atoms with Gasteiger partial charge in [0, 0.05) is 15.3 Å². The first-order valence-electron chi connectivity index (χ1n) is 7.78. The molecule has 21 heavy (non-hydrogen) atoms. The van der Waals surface area contributed by atoms with Crippen LogP contribution in [0.2, 0.25) is 0 Å². The number of fused-ring (bicyclic) bond motifs is 1. The molecule has 0 radical (unpaired) electrons. The van der Waals surface area contributed by atoms with Crippen LogP contribution in [-0.4, -0.2) is 17.3 Å². The van der Waals surface area contributed by atoms with E-state index in [0.717, 1.165) is 12.3 Å². The van der Waals surface area contributed by atoms with Crippen molar-refractivity contribution in [3.05, 3.63) is 34.8 Å². The molecule has 2 nitrogen and oxygen atoms in total. The van der Waals surface area contributed by atoms with Crippen molar-refractivity contribution >= 4 is 23.1 Å². The monoisotopic (exact) mass is 318 g/mol. The molecule has 2 aromatic rings. The standard InChI is InChI=1S/C17H22N2S2/c1-3-18-14-6-5-7-15-16(14)19-17(21-15)12-8-10-13(11-9-12)20-4-2/h8-11,14,18H,3-7H2,1-2H3. The third kappa shape index (κ3) is 3.33. The van der Waals surface area contributed by atoms with Gasteiger partial charge in [0.15, 0.2) is 0 Å². The smallest absolute Gasteiger partial charge is 0.123 e. The quantitative estimate of drug-likeness (QED) is 0.793. The van der Waals surface area contributed by atoms with Gasteiger partial charge in [0.25, 0.3) is 0 Å². The van der Waals surface area contributed by atoms with Crippen molar-refractivity contribution in [3.63, 3.8) is 0 Å². The maximum absolute atomic E-state index is 4.95. The molecule has 0 saturated heterocycles. The second-order valence-electron chi connectivity index (χ2n) is 5.29. The van der Waals surface area contributed by atoms with E-state index in [9.17, 15) is 0 Å². The number of aryl methyl sites for hydroxylation is 1. The number of nitrogens with zero attached hydrogens (tertiary/aromatic N) is 1. The highest BCUT2D eigenvalue weighted by molar-refractivity contribution is 7.99. The fraction of sp³-hybridized carbons (Fsp3) is 0.471. The fourth-order valence-corrected chi connectivity index (χ4v) is 4.68. The second kappa shape index (κ2) is 6.95. The summed E-state index contributed by atoms with van der Waals surface area (Å²) in [5.41, 5.74) is 2.56. The molecule has 0 saturated carbocycles. The predicted octanol–water partition coefficient (Wildman–Crippen LogP) is 4.91. The van der Waals surface area contributed by atoms with Gasteiger partial charge < -0.3 is 5.32 Å². The summed E-state index contributed by atoms with van der Waals surface area (Å²) in [5.74, 6) is 1.12. The topological polar surface area (TPSA) is 24.9 Å². The van der Waals surface area contributed by atoms with Crippen LogP contribution in [0.1, 0.15) is 43.3 Å². The van der Waals surface area contributed by atoms with Crippen LogP contribution in [0.25, 0.3) is 10.6 Å². The van der Waals surface area contributed by atoms with Gasteiger partial charge in [-0.3, -0.25) is 0 Å². The molecule has 0 aliphatic heterocycles. The first kappa shape index (κ1) is 15.1. The molecule has 1 aliphatic rings. The zero-order valence-electron chi connectivity index (χ0n) is 12.7. The van der Waals surface area contributed by atoms with Crippen molar-refractivity contribution in [1.29, 1.82) is 0 Å². The first-order chi connectivity index (χ1) is 10.3. The summed E-state index contributed by atoms with van der Waals surface area (Å²) in [4.78, 5) is 7.77. The third-order valence-corrected chi connectivity index (χ3v) is 5.89. The van der Waals surface area contributed by atoms with Crippen LogP contribution < -0.4 is 5.32 Å². The molecule has 0 spiro atoms. The average molecular weight is 319 g/mol. The van der Waals surface area contributed by atoms with Gasteiger partial charge in [-0.15, -0.1) is 23.1 Å². The summed E-state index contributed by atoms with van der Waals surface area (Å²) in [7, 11) is 0. The van der Waals surface area contributed by atoms with Crippen LogP contribution in [0.3, 0.4) is 0 Å². The number of hydrogen-bond donors (Lipinski definition) is 1. The van der Waals surface area contributed by atoms with E-state index in [-0.39, 0.29) is 0 Å². The summed E-state index contributed by atoms with van der Waals surface area (Å²) in [6.45, 7) is 5.37. The van der Waals surface area contributed by atoms with E-state index in [4.69, 9.17) is 4.98 Å². The van der Waals surface area contributed by atoms with E-state index < -0.39 is 0 Å². The highest BCUT2D eigenvalue weighted by Crippen LogP contribution is 2.37. The Hall–Kier alpha value is -0.840. The minimum absolute atomic E-state index is 0.457. The van der Waals surface area contributed by atoms with Crippen LogP contribution in [0.5, 0.6) is 0 Å². The molecular formula is C17H22N2S2. The first-order valence-corrected chi connectivity index (χ1v) is 9.58. The maximum Gasteiger partial charge on any atom is 0.123 e. The molecule has 1 N–H and O–H groups in total. The lowest BCUT2D eigenvalue weighted by atomic mass is 9.98. The largest absolute Gasteiger partial charge is 0.309 e. The molecule has 1 aliphatic carbocycles. The van der Waals surface area contributed by atoms with Crippen molar-refractivity contribution in [3.8, 4) is 10.6 Å². The molecule has 0 bridgehead atoms. The van der Waals surface area contributed by atoms with Crippen molar-refractivity contribution in [2.24, 2.45) is 0 Å². The summed E-state index contributed by atoms with van der Waals surface area (Å²) >= 11 is 3.77. The Morgan fingerprint density at radius 2 is 2.10 bits per heavy atom. The lowest BCUT2D eigenvalue weighted by molar-refractivity contribution is 0.465. The van der Waals surface area contributed by atoms with Crippen LogP contribution in [-0.2, 0) is 6.42 Å². The fourth-order valence-electron chi connectivity index (χ4n) is 2.85. The zero-order valence-corrected chi connectivity index (χ0v) is 14.3. The second-order valence-corrected chi connectivity index (χ2v) is 7.71. The van der Waals surface area contributed by atoms with Gasteiger partial charge >= 0.3 is 0 Å². The van der Waals surface area contributed by atoms with Crippen molar-refractivity contribution in [1.82, 2.24) is 10.3 Å². The van der Waals surface area contributed by atoms with E-state index in [0.29, 0.717) is 6.04 Å². The summed E-state index contributed by atoms with van der Waals surface area (Å²) in [6, 6.07) is 9.31. The Kier molecular flexibility index (Phi) is 4.99. The number of hydrogen-bond acceptors (Lipinski definition) is 4. The Labute approximate surface area is 135 Å². The average Bonchev–Trinajstić information content (AvgIpc) is 2.94. The van der Waals surface area contributed by atoms with Gasteiger partial charge in [0.05, 0.1) is 11.7 Å². The minimum Gasteiger partial charge on any atom is -0.309 e. The summed E-state index contributed by atoms with van der Waals surface area (Å²) in [6.07, 6.45) is 3.69. The number of nitrogens with one attached hydrogen (secondary N) is 1. The Bertz CT molecular complexity index is 589. The Morgan fingerprint density at radius 3 is 2.81 bits per heavy atom. The van der Waals surface area contributed by atoms with E-state index in [1.165, 1.54) is 45.3 Å².